The van der Waals surface area contributed by atoms with E-state index in [4.69, 9.17) is 0 Å². The van der Waals surface area contributed by atoms with Gasteiger partial charge in [-0.2, -0.15) is 0 Å². The van der Waals surface area contributed by atoms with Crippen LogP contribution in [0.4, 0.5) is 0 Å². The van der Waals surface area contributed by atoms with Crippen molar-refractivity contribution < 1.29 is 0 Å². The van der Waals surface area contributed by atoms with Crippen molar-refractivity contribution in [3.8, 4) is 0 Å². The summed E-state index contributed by atoms with van der Waals surface area (Å²) in [6, 6.07) is 4.88. The molecule has 1 heterocycles. The maximum Gasteiger partial charge on any atom is 0.0271 e. The van der Waals surface area contributed by atoms with Gasteiger partial charge in [-0.05, 0) is 55.5 Å². The van der Waals surface area contributed by atoms with Gasteiger partial charge in [-0.3, -0.25) is 9.88 Å². The third-order valence-electron chi connectivity index (χ3n) is 5.12. The van der Waals surface area contributed by atoms with Gasteiger partial charge in [0.15, 0.2) is 0 Å². The molecule has 1 saturated carbocycles. The van der Waals surface area contributed by atoms with Crippen molar-refractivity contribution in [2.24, 2.45) is 11.3 Å². The highest BCUT2D eigenvalue weighted by molar-refractivity contribution is 5.09. The third kappa shape index (κ3) is 4.27. The molecule has 2 unspecified atom stereocenters. The molecule has 1 aliphatic carbocycles. The van der Waals surface area contributed by atoms with Gasteiger partial charge in [0.05, 0.1) is 0 Å². The molecule has 1 fully saturated rings. The maximum atomic E-state index is 4.11. The zero-order chi connectivity index (χ0) is 15.3. The van der Waals surface area contributed by atoms with Gasteiger partial charge in [-0.25, -0.2) is 0 Å². The van der Waals surface area contributed by atoms with Crippen molar-refractivity contribution in [3.05, 3.63) is 30.1 Å². The second-order valence-corrected chi connectivity index (χ2v) is 7.09. The average molecular weight is 289 g/mol. The first-order chi connectivity index (χ1) is 10.1. The van der Waals surface area contributed by atoms with Crippen molar-refractivity contribution in [1.82, 2.24) is 15.2 Å². The lowest BCUT2D eigenvalue weighted by Crippen LogP contribution is -2.51. The molecule has 1 aromatic rings. The van der Waals surface area contributed by atoms with Crippen LogP contribution in [-0.4, -0.2) is 36.1 Å². The highest BCUT2D eigenvalue weighted by Crippen LogP contribution is 2.39. The number of aromatic nitrogens is 1. The van der Waals surface area contributed by atoms with E-state index in [1.807, 2.05) is 12.4 Å². The second kappa shape index (κ2) is 7.37. The van der Waals surface area contributed by atoms with E-state index >= 15 is 0 Å². The molecule has 0 bridgehead atoms. The summed E-state index contributed by atoms with van der Waals surface area (Å²) in [5, 5.41) is 3.60. The van der Waals surface area contributed by atoms with Crippen molar-refractivity contribution in [3.63, 3.8) is 0 Å². The first-order valence-corrected chi connectivity index (χ1v) is 8.35. The van der Waals surface area contributed by atoms with E-state index in [0.29, 0.717) is 11.5 Å². The summed E-state index contributed by atoms with van der Waals surface area (Å²) in [5.41, 5.74) is 1.77. The fourth-order valence-corrected chi connectivity index (χ4v) is 3.99. The Balaban J connectivity index is 2.00. The fraction of sp³-hybridized carbons (Fsp3) is 0.722. The van der Waals surface area contributed by atoms with E-state index in [1.54, 1.807) is 0 Å². The van der Waals surface area contributed by atoms with Crippen molar-refractivity contribution in [2.45, 2.75) is 52.6 Å². The lowest BCUT2D eigenvalue weighted by molar-refractivity contribution is 0.0828. The zero-order valence-corrected chi connectivity index (χ0v) is 14.1. The SMILES string of the molecule is CCN(Cc1ccncc1)CC1CCCC(C)(C)C1NC. The lowest BCUT2D eigenvalue weighted by Gasteiger charge is -2.45. The van der Waals surface area contributed by atoms with Crippen molar-refractivity contribution in [1.29, 1.82) is 0 Å². The molecule has 118 valence electrons. The van der Waals surface area contributed by atoms with Gasteiger partial charge in [0, 0.05) is 31.5 Å². The van der Waals surface area contributed by atoms with E-state index in [0.717, 1.165) is 19.0 Å². The molecule has 1 N–H and O–H groups in total. The molecule has 2 rings (SSSR count). The second-order valence-electron chi connectivity index (χ2n) is 7.09. The summed E-state index contributed by atoms with van der Waals surface area (Å²) < 4.78 is 0. The van der Waals surface area contributed by atoms with E-state index in [1.165, 1.54) is 31.4 Å². The molecule has 21 heavy (non-hydrogen) atoms. The molecule has 0 spiro atoms. The molecule has 3 heteroatoms. The standard InChI is InChI=1S/C18H31N3/c1-5-21(13-15-8-11-20-12-9-15)14-16-7-6-10-18(2,3)17(16)19-4/h8-9,11-12,16-17,19H,5-7,10,13-14H2,1-4H3. The minimum atomic E-state index is 0.410. The predicted molar refractivity (Wildman–Crippen MR) is 89.2 cm³/mol. The molecule has 3 nitrogen and oxygen atoms in total. The Morgan fingerprint density at radius 2 is 2.05 bits per heavy atom. The normalized spacial score (nSPS) is 25.2. The van der Waals surface area contributed by atoms with E-state index in [-0.39, 0.29) is 0 Å². The molecule has 1 aliphatic rings. The lowest BCUT2D eigenvalue weighted by atomic mass is 9.68. The number of rotatable bonds is 6. The van der Waals surface area contributed by atoms with Crippen molar-refractivity contribution in [2.75, 3.05) is 20.1 Å². The van der Waals surface area contributed by atoms with Gasteiger partial charge in [0.25, 0.3) is 0 Å². The Kier molecular flexibility index (Phi) is 5.77. The highest BCUT2D eigenvalue weighted by atomic mass is 15.1. The number of hydrogen-bond acceptors (Lipinski definition) is 3. The summed E-state index contributed by atoms with van der Waals surface area (Å²) in [7, 11) is 2.13. The smallest absolute Gasteiger partial charge is 0.0271 e. The van der Waals surface area contributed by atoms with Gasteiger partial charge >= 0.3 is 0 Å². The predicted octanol–water partition coefficient (Wildman–Crippen LogP) is 3.32. The monoisotopic (exact) mass is 289 g/mol. The van der Waals surface area contributed by atoms with Gasteiger partial charge in [-0.15, -0.1) is 0 Å². The summed E-state index contributed by atoms with van der Waals surface area (Å²) in [6.45, 7) is 10.4. The van der Waals surface area contributed by atoms with Crippen molar-refractivity contribution >= 4 is 0 Å². The van der Waals surface area contributed by atoms with Crippen LogP contribution in [0.2, 0.25) is 0 Å². The van der Waals surface area contributed by atoms with Gasteiger partial charge < -0.3 is 5.32 Å². The Morgan fingerprint density at radius 3 is 2.67 bits per heavy atom. The quantitative estimate of drug-likeness (QED) is 0.871. The van der Waals surface area contributed by atoms with Crippen LogP contribution in [0.1, 0.15) is 45.6 Å². The van der Waals surface area contributed by atoms with E-state index < -0.39 is 0 Å². The first-order valence-electron chi connectivity index (χ1n) is 8.35. The molecule has 0 saturated heterocycles. The third-order valence-corrected chi connectivity index (χ3v) is 5.12. The number of nitrogens with one attached hydrogen (secondary N) is 1. The number of hydrogen-bond donors (Lipinski definition) is 1. The summed E-state index contributed by atoms with van der Waals surface area (Å²) >= 11 is 0. The van der Waals surface area contributed by atoms with Gasteiger partial charge in [-0.1, -0.05) is 27.2 Å². The first kappa shape index (κ1) is 16.4. The number of nitrogens with zero attached hydrogens (tertiary/aromatic N) is 2. The Labute approximate surface area is 130 Å². The fourth-order valence-electron chi connectivity index (χ4n) is 3.99. The molecule has 1 aromatic heterocycles. The minimum Gasteiger partial charge on any atom is -0.316 e. The minimum absolute atomic E-state index is 0.410. The van der Waals surface area contributed by atoms with E-state index in [2.05, 4.69) is 55.2 Å². The Morgan fingerprint density at radius 1 is 1.33 bits per heavy atom. The van der Waals surface area contributed by atoms with Gasteiger partial charge in [0.1, 0.15) is 0 Å². The largest absolute Gasteiger partial charge is 0.316 e. The Hall–Kier alpha value is -0.930. The number of pyridine rings is 1. The van der Waals surface area contributed by atoms with E-state index in [9.17, 15) is 0 Å². The van der Waals surface area contributed by atoms with Gasteiger partial charge in [0.2, 0.25) is 0 Å². The molecule has 0 aromatic carbocycles. The summed E-state index contributed by atoms with van der Waals surface area (Å²) in [6.07, 6.45) is 7.84. The summed E-state index contributed by atoms with van der Waals surface area (Å²) in [5.74, 6) is 0.750. The van der Waals surface area contributed by atoms with Crippen LogP contribution in [0.5, 0.6) is 0 Å². The van der Waals surface area contributed by atoms with Crippen LogP contribution in [-0.2, 0) is 6.54 Å². The average Bonchev–Trinajstić information content (AvgIpc) is 2.47. The highest BCUT2D eigenvalue weighted by Gasteiger charge is 2.38. The molecule has 0 radical (unpaired) electrons. The zero-order valence-electron chi connectivity index (χ0n) is 14.1. The van der Waals surface area contributed by atoms with Crippen LogP contribution < -0.4 is 5.32 Å². The Bertz CT molecular complexity index is 416. The molecule has 2 atom stereocenters. The van der Waals surface area contributed by atoms with Crippen LogP contribution in [0, 0.1) is 11.3 Å². The van der Waals surface area contributed by atoms with Crippen LogP contribution in [0.3, 0.4) is 0 Å². The van der Waals surface area contributed by atoms with Crippen LogP contribution in [0.15, 0.2) is 24.5 Å². The molecule has 0 amide bonds. The topological polar surface area (TPSA) is 28.2 Å². The summed E-state index contributed by atoms with van der Waals surface area (Å²) in [4.78, 5) is 6.69. The van der Waals surface area contributed by atoms with Crippen LogP contribution in [0.25, 0.3) is 0 Å². The molecular weight excluding hydrogens is 258 g/mol. The molecular formula is C18H31N3. The molecule has 0 aliphatic heterocycles. The van der Waals surface area contributed by atoms with Crippen LogP contribution >= 0.6 is 0 Å². The maximum absolute atomic E-state index is 4.11.